The Morgan fingerprint density at radius 2 is 1.10 bits per heavy atom. The molecule has 2 heteroatoms. The minimum absolute atomic E-state index is 1.06. The van der Waals surface area contributed by atoms with Crippen LogP contribution in [0.15, 0.2) is 78.9 Å². The second-order valence-electron chi connectivity index (χ2n) is 11.1. The monoisotopic (exact) mass is 558 g/mol. The first-order valence-electron chi connectivity index (χ1n) is 15.2. The van der Waals surface area contributed by atoms with E-state index in [0.717, 1.165) is 10.4 Å². The molecule has 0 spiro atoms. The van der Waals surface area contributed by atoms with Gasteiger partial charge in [-0.2, -0.15) is 0 Å². The van der Waals surface area contributed by atoms with Gasteiger partial charge < -0.3 is 0 Å². The Bertz CT molecular complexity index is 1790. The van der Waals surface area contributed by atoms with Crippen LogP contribution in [0.2, 0.25) is 0 Å². The second kappa shape index (κ2) is 13.0. The van der Waals surface area contributed by atoms with Gasteiger partial charge in [-0.1, -0.05) is 119 Å². The smallest absolute Gasteiger partial charge is 0.0785 e. The van der Waals surface area contributed by atoms with E-state index in [0.29, 0.717) is 0 Å². The number of thiophene rings is 2. The normalized spacial score (nSPS) is 11.5. The average molecular weight is 559 g/mol. The van der Waals surface area contributed by atoms with Crippen LogP contribution in [0.25, 0.3) is 41.7 Å². The summed E-state index contributed by atoms with van der Waals surface area (Å²) in [6, 6.07) is 28.9. The number of hydrogen-bond acceptors (Lipinski definition) is 2. The fourth-order valence-electron chi connectivity index (χ4n) is 5.82. The summed E-state index contributed by atoms with van der Waals surface area (Å²) in [5, 5.41) is 8.07. The van der Waals surface area contributed by atoms with Crippen molar-refractivity contribution in [3.8, 4) is 11.8 Å². The summed E-state index contributed by atoms with van der Waals surface area (Å²) in [4.78, 5) is 2.66. The van der Waals surface area contributed by atoms with Crippen LogP contribution in [0.4, 0.5) is 0 Å². The average Bonchev–Trinajstić information content (AvgIpc) is 3.61. The van der Waals surface area contributed by atoms with Crippen molar-refractivity contribution in [3.63, 3.8) is 0 Å². The van der Waals surface area contributed by atoms with Crippen molar-refractivity contribution in [2.45, 2.75) is 77.6 Å². The molecule has 0 atom stereocenters. The number of fused-ring (bicyclic) bond motifs is 6. The zero-order valence-corrected chi connectivity index (χ0v) is 25.2. The van der Waals surface area contributed by atoms with E-state index in [4.69, 9.17) is 0 Å². The van der Waals surface area contributed by atoms with E-state index in [-0.39, 0.29) is 0 Å². The van der Waals surface area contributed by atoms with Crippen molar-refractivity contribution in [3.05, 3.63) is 94.2 Å². The predicted octanol–water partition coefficient (Wildman–Crippen LogP) is 12.3. The first kappa shape index (κ1) is 27.1. The summed E-state index contributed by atoms with van der Waals surface area (Å²) >= 11 is 3.82. The van der Waals surface area contributed by atoms with Crippen LogP contribution in [0.3, 0.4) is 0 Å². The Morgan fingerprint density at radius 3 is 1.77 bits per heavy atom. The Kier molecular flexibility index (Phi) is 8.82. The summed E-state index contributed by atoms with van der Waals surface area (Å²) in [5.41, 5.74) is 1.06. The number of benzene rings is 4. The van der Waals surface area contributed by atoms with E-state index in [1.54, 1.807) is 0 Å². The predicted molar refractivity (Wildman–Crippen MR) is 180 cm³/mol. The van der Waals surface area contributed by atoms with Gasteiger partial charge in [0, 0.05) is 30.6 Å². The minimum atomic E-state index is 1.06. The lowest BCUT2D eigenvalue weighted by atomic mass is 10.0. The molecular weight excluding hydrogens is 521 g/mol. The summed E-state index contributed by atoms with van der Waals surface area (Å²) in [6.45, 7) is 2.29. The molecule has 2 heterocycles. The van der Waals surface area contributed by atoms with Crippen LogP contribution in [0.5, 0.6) is 0 Å². The lowest BCUT2D eigenvalue weighted by Gasteiger charge is -2.05. The van der Waals surface area contributed by atoms with Crippen molar-refractivity contribution in [1.82, 2.24) is 0 Å². The van der Waals surface area contributed by atoms with Gasteiger partial charge in [0.1, 0.15) is 0 Å². The maximum atomic E-state index is 3.39. The molecule has 0 bridgehead atoms. The Labute approximate surface area is 247 Å². The van der Waals surface area contributed by atoms with Gasteiger partial charge in [0.25, 0.3) is 0 Å². The van der Waals surface area contributed by atoms with E-state index in [9.17, 15) is 0 Å². The fourth-order valence-corrected chi connectivity index (χ4v) is 8.09. The first-order chi connectivity index (χ1) is 19.8. The molecule has 0 saturated heterocycles. The molecule has 202 valence electrons. The second-order valence-corrected chi connectivity index (χ2v) is 13.3. The molecule has 0 unspecified atom stereocenters. The molecule has 0 saturated carbocycles. The molecule has 0 nitrogen and oxygen atoms in total. The summed E-state index contributed by atoms with van der Waals surface area (Å²) in [5.74, 6) is 6.71. The fraction of sp³-hybridized carbons (Fsp3) is 0.316. The molecular formula is C38H38S2. The number of hydrogen-bond donors (Lipinski definition) is 0. The van der Waals surface area contributed by atoms with Gasteiger partial charge in [-0.25, -0.2) is 0 Å². The Morgan fingerprint density at radius 1 is 0.525 bits per heavy atom. The van der Waals surface area contributed by atoms with E-state index in [1.165, 1.54) is 117 Å². The highest BCUT2D eigenvalue weighted by Crippen LogP contribution is 2.39. The number of unbranched alkanes of at least 4 members (excludes halogenated alkanes) is 9. The van der Waals surface area contributed by atoms with Gasteiger partial charge in [0.2, 0.25) is 0 Å². The van der Waals surface area contributed by atoms with Gasteiger partial charge in [-0.15, -0.1) is 22.7 Å². The van der Waals surface area contributed by atoms with Crippen LogP contribution in [0.1, 0.15) is 86.4 Å². The van der Waals surface area contributed by atoms with E-state index >= 15 is 0 Å². The van der Waals surface area contributed by atoms with Crippen LogP contribution >= 0.6 is 22.7 Å². The highest BCUT2D eigenvalue weighted by atomic mass is 32.1. The van der Waals surface area contributed by atoms with Gasteiger partial charge in [-0.3, -0.25) is 0 Å². The molecule has 0 aliphatic heterocycles. The zero-order valence-electron chi connectivity index (χ0n) is 23.6. The molecule has 0 N–H and O–H groups in total. The maximum Gasteiger partial charge on any atom is 0.0785 e. The van der Waals surface area contributed by atoms with Gasteiger partial charge in [0.15, 0.2) is 0 Å². The highest BCUT2D eigenvalue weighted by molar-refractivity contribution is 7.20. The topological polar surface area (TPSA) is 0 Å². The largest absolute Gasteiger partial charge is 0.140 e. The van der Waals surface area contributed by atoms with Crippen molar-refractivity contribution in [2.75, 3.05) is 0 Å². The van der Waals surface area contributed by atoms with Crippen molar-refractivity contribution < 1.29 is 0 Å². The number of rotatable bonds is 11. The van der Waals surface area contributed by atoms with E-state index in [1.807, 2.05) is 40.9 Å². The van der Waals surface area contributed by atoms with E-state index < -0.39 is 0 Å². The quantitative estimate of drug-likeness (QED) is 0.0842. The SMILES string of the molecule is CCCCCCCCCCCCc1cc2ccc3cc4c(ccc5cc(C#Cc6ccccc6)sc54)cc3c2s1. The lowest BCUT2D eigenvalue weighted by Crippen LogP contribution is -1.84. The molecule has 0 aliphatic carbocycles. The molecule has 4 aromatic carbocycles. The van der Waals surface area contributed by atoms with Crippen molar-refractivity contribution in [2.24, 2.45) is 0 Å². The van der Waals surface area contributed by atoms with Crippen LogP contribution in [0, 0.1) is 11.8 Å². The summed E-state index contributed by atoms with van der Waals surface area (Å²) < 4.78 is 2.78. The third-order valence-electron chi connectivity index (χ3n) is 8.05. The maximum absolute atomic E-state index is 3.39. The van der Waals surface area contributed by atoms with Crippen LogP contribution < -0.4 is 0 Å². The third-order valence-corrected chi connectivity index (χ3v) is 10.4. The number of aryl methyl sites for hydroxylation is 1. The Hall–Kier alpha value is -3.12. The molecule has 40 heavy (non-hydrogen) atoms. The van der Waals surface area contributed by atoms with Crippen LogP contribution in [-0.2, 0) is 6.42 Å². The van der Waals surface area contributed by atoms with E-state index in [2.05, 4.69) is 79.4 Å². The summed E-state index contributed by atoms with van der Waals surface area (Å²) in [6.07, 6.45) is 15.2. The Balaban J connectivity index is 1.16. The molecule has 0 aliphatic rings. The summed E-state index contributed by atoms with van der Waals surface area (Å²) in [7, 11) is 0. The molecule has 2 aromatic heterocycles. The third kappa shape index (κ3) is 6.27. The zero-order chi connectivity index (χ0) is 27.1. The molecule has 6 rings (SSSR count). The standard InChI is InChI=1S/C38H38S2/c1-2-3-4-5-6-7-8-9-10-14-17-33-24-31-21-19-29-27-36-30(26-35(29)37(31)39-33)20-22-32-25-34(40-38(32)36)23-18-28-15-12-11-13-16-28/h11-13,15-16,19-22,24-27H,2-10,14,17H2,1H3. The van der Waals surface area contributed by atoms with Crippen molar-refractivity contribution >= 4 is 64.4 Å². The first-order valence-corrected chi connectivity index (χ1v) is 16.8. The molecule has 6 aromatic rings. The molecule has 0 amide bonds. The van der Waals surface area contributed by atoms with Gasteiger partial charge in [-0.05, 0) is 70.8 Å². The highest BCUT2D eigenvalue weighted by Gasteiger charge is 2.10. The van der Waals surface area contributed by atoms with Crippen LogP contribution in [-0.4, -0.2) is 0 Å². The van der Waals surface area contributed by atoms with Crippen molar-refractivity contribution in [1.29, 1.82) is 0 Å². The van der Waals surface area contributed by atoms with Gasteiger partial charge in [0.05, 0.1) is 4.88 Å². The minimum Gasteiger partial charge on any atom is -0.140 e. The lowest BCUT2D eigenvalue weighted by molar-refractivity contribution is 0.557. The molecule has 0 fully saturated rings. The van der Waals surface area contributed by atoms with Gasteiger partial charge >= 0.3 is 0 Å². The molecule has 0 radical (unpaired) electrons.